The van der Waals surface area contributed by atoms with Gasteiger partial charge in [0.25, 0.3) is 0 Å². The summed E-state index contributed by atoms with van der Waals surface area (Å²) >= 11 is 3.70. The van der Waals surface area contributed by atoms with Crippen molar-refractivity contribution in [1.82, 2.24) is 5.32 Å². The van der Waals surface area contributed by atoms with Crippen molar-refractivity contribution in [2.45, 2.75) is 39.2 Å². The zero-order valence-electron chi connectivity index (χ0n) is 10.8. The molecule has 0 spiro atoms. The molecule has 0 aliphatic heterocycles. The van der Waals surface area contributed by atoms with Crippen LogP contribution in [-0.4, -0.2) is 6.54 Å². The van der Waals surface area contributed by atoms with Crippen LogP contribution >= 0.6 is 15.9 Å². The Morgan fingerprint density at radius 1 is 1.47 bits per heavy atom. The second-order valence-corrected chi connectivity index (χ2v) is 5.14. The van der Waals surface area contributed by atoms with Crippen LogP contribution in [0.15, 0.2) is 35.3 Å². The van der Waals surface area contributed by atoms with Gasteiger partial charge in [-0.1, -0.05) is 47.1 Å². The van der Waals surface area contributed by atoms with Gasteiger partial charge in [0.1, 0.15) is 0 Å². The fourth-order valence-electron chi connectivity index (χ4n) is 1.91. The Balaban J connectivity index is 2.86. The van der Waals surface area contributed by atoms with E-state index in [0.717, 1.165) is 25.8 Å². The number of benzene rings is 1. The van der Waals surface area contributed by atoms with Crippen molar-refractivity contribution in [1.29, 1.82) is 0 Å². The lowest BCUT2D eigenvalue weighted by molar-refractivity contribution is 0.501. The standard InChI is InChI=1S/C15H22BrN/c1-4-6-10-14(17-11-5-2)13-9-7-8-12(3)15(13)16/h4,7-9,14,17H,1,5-6,10-11H2,2-3H3. The summed E-state index contributed by atoms with van der Waals surface area (Å²) in [5.41, 5.74) is 2.66. The number of hydrogen-bond donors (Lipinski definition) is 1. The third-order valence-corrected chi connectivity index (χ3v) is 3.98. The summed E-state index contributed by atoms with van der Waals surface area (Å²) in [6.45, 7) is 9.20. The highest BCUT2D eigenvalue weighted by Gasteiger charge is 2.13. The fourth-order valence-corrected chi connectivity index (χ4v) is 2.45. The molecule has 1 atom stereocenters. The first-order valence-corrected chi connectivity index (χ1v) is 7.09. The minimum absolute atomic E-state index is 0.419. The predicted octanol–water partition coefficient (Wildman–Crippen LogP) is 4.76. The molecule has 0 amide bonds. The van der Waals surface area contributed by atoms with E-state index in [1.165, 1.54) is 15.6 Å². The molecular weight excluding hydrogens is 274 g/mol. The second kappa shape index (κ2) is 7.67. The van der Waals surface area contributed by atoms with E-state index in [4.69, 9.17) is 0 Å². The van der Waals surface area contributed by atoms with E-state index in [1.807, 2.05) is 6.08 Å². The minimum atomic E-state index is 0.419. The lowest BCUT2D eigenvalue weighted by Gasteiger charge is -2.20. The number of nitrogens with one attached hydrogen (secondary N) is 1. The van der Waals surface area contributed by atoms with Crippen LogP contribution in [0.5, 0.6) is 0 Å². The molecule has 94 valence electrons. The Labute approximate surface area is 113 Å². The molecule has 0 aliphatic rings. The molecular formula is C15H22BrN. The highest BCUT2D eigenvalue weighted by Crippen LogP contribution is 2.29. The minimum Gasteiger partial charge on any atom is -0.310 e. The quantitative estimate of drug-likeness (QED) is 0.715. The zero-order chi connectivity index (χ0) is 12.7. The highest BCUT2D eigenvalue weighted by molar-refractivity contribution is 9.10. The second-order valence-electron chi connectivity index (χ2n) is 4.35. The van der Waals surface area contributed by atoms with Crippen molar-refractivity contribution in [3.63, 3.8) is 0 Å². The molecule has 1 unspecified atom stereocenters. The average molecular weight is 296 g/mol. The molecule has 0 radical (unpaired) electrons. The summed E-state index contributed by atoms with van der Waals surface area (Å²) in [5.74, 6) is 0. The van der Waals surface area contributed by atoms with Gasteiger partial charge in [-0.2, -0.15) is 0 Å². The van der Waals surface area contributed by atoms with Crippen LogP contribution < -0.4 is 5.32 Å². The molecule has 2 heteroatoms. The summed E-state index contributed by atoms with van der Waals surface area (Å²) in [6, 6.07) is 6.89. The molecule has 1 aromatic carbocycles. The maximum atomic E-state index is 3.81. The van der Waals surface area contributed by atoms with Gasteiger partial charge in [-0.25, -0.2) is 0 Å². The molecule has 0 saturated carbocycles. The van der Waals surface area contributed by atoms with Crippen LogP contribution in [0.3, 0.4) is 0 Å². The Morgan fingerprint density at radius 3 is 2.88 bits per heavy atom. The van der Waals surface area contributed by atoms with Crippen LogP contribution in [0.25, 0.3) is 0 Å². The maximum Gasteiger partial charge on any atom is 0.0334 e. The van der Waals surface area contributed by atoms with Gasteiger partial charge in [-0.05, 0) is 43.9 Å². The first kappa shape index (κ1) is 14.5. The van der Waals surface area contributed by atoms with Crippen molar-refractivity contribution in [2.75, 3.05) is 6.54 Å². The Kier molecular flexibility index (Phi) is 6.53. The van der Waals surface area contributed by atoms with E-state index in [9.17, 15) is 0 Å². The Bertz CT molecular complexity index is 360. The molecule has 0 bridgehead atoms. The summed E-state index contributed by atoms with van der Waals surface area (Å²) in [6.07, 6.45) is 5.30. The number of rotatable bonds is 7. The van der Waals surface area contributed by atoms with E-state index < -0.39 is 0 Å². The summed E-state index contributed by atoms with van der Waals surface area (Å²) in [4.78, 5) is 0. The van der Waals surface area contributed by atoms with Crippen molar-refractivity contribution < 1.29 is 0 Å². The van der Waals surface area contributed by atoms with Gasteiger partial charge < -0.3 is 5.32 Å². The summed E-state index contributed by atoms with van der Waals surface area (Å²) < 4.78 is 1.23. The Hall–Kier alpha value is -0.600. The molecule has 0 saturated heterocycles. The molecule has 1 nitrogen and oxygen atoms in total. The molecule has 17 heavy (non-hydrogen) atoms. The van der Waals surface area contributed by atoms with Crippen molar-refractivity contribution in [2.24, 2.45) is 0 Å². The van der Waals surface area contributed by atoms with Gasteiger partial charge in [0, 0.05) is 10.5 Å². The van der Waals surface area contributed by atoms with Gasteiger partial charge in [0.15, 0.2) is 0 Å². The molecule has 1 N–H and O–H groups in total. The van der Waals surface area contributed by atoms with Gasteiger partial charge in [0.2, 0.25) is 0 Å². The predicted molar refractivity (Wildman–Crippen MR) is 79.3 cm³/mol. The van der Waals surface area contributed by atoms with E-state index in [1.54, 1.807) is 0 Å². The van der Waals surface area contributed by atoms with E-state index >= 15 is 0 Å². The number of allylic oxidation sites excluding steroid dienone is 1. The van der Waals surface area contributed by atoms with Gasteiger partial charge in [-0.15, -0.1) is 6.58 Å². The number of halogens is 1. The monoisotopic (exact) mass is 295 g/mol. The van der Waals surface area contributed by atoms with Crippen LogP contribution in [0.1, 0.15) is 43.4 Å². The van der Waals surface area contributed by atoms with Crippen molar-refractivity contribution in [3.8, 4) is 0 Å². The smallest absolute Gasteiger partial charge is 0.0334 e. The lowest BCUT2D eigenvalue weighted by Crippen LogP contribution is -2.22. The highest BCUT2D eigenvalue weighted by atomic mass is 79.9. The van der Waals surface area contributed by atoms with Crippen LogP contribution in [0.2, 0.25) is 0 Å². The van der Waals surface area contributed by atoms with E-state index in [-0.39, 0.29) is 0 Å². The number of hydrogen-bond acceptors (Lipinski definition) is 1. The molecule has 0 heterocycles. The number of aryl methyl sites for hydroxylation is 1. The van der Waals surface area contributed by atoms with Crippen LogP contribution in [0, 0.1) is 6.92 Å². The van der Waals surface area contributed by atoms with Crippen LogP contribution in [0.4, 0.5) is 0 Å². The van der Waals surface area contributed by atoms with E-state index in [2.05, 4.69) is 59.9 Å². The third-order valence-electron chi connectivity index (χ3n) is 2.90. The molecule has 1 rings (SSSR count). The largest absolute Gasteiger partial charge is 0.310 e. The fraction of sp³-hybridized carbons (Fsp3) is 0.467. The zero-order valence-corrected chi connectivity index (χ0v) is 12.4. The summed E-state index contributed by atoms with van der Waals surface area (Å²) in [5, 5.41) is 3.61. The molecule has 1 aromatic rings. The average Bonchev–Trinajstić information content (AvgIpc) is 2.34. The van der Waals surface area contributed by atoms with Crippen molar-refractivity contribution in [3.05, 3.63) is 46.5 Å². The first-order valence-electron chi connectivity index (χ1n) is 6.30. The SMILES string of the molecule is C=CCCC(NCCC)c1cccc(C)c1Br. The van der Waals surface area contributed by atoms with E-state index in [0.29, 0.717) is 6.04 Å². The van der Waals surface area contributed by atoms with Gasteiger partial charge in [0.05, 0.1) is 0 Å². The Morgan fingerprint density at radius 2 is 2.24 bits per heavy atom. The molecule has 0 aromatic heterocycles. The third kappa shape index (κ3) is 4.29. The van der Waals surface area contributed by atoms with Gasteiger partial charge >= 0.3 is 0 Å². The van der Waals surface area contributed by atoms with Crippen molar-refractivity contribution >= 4 is 15.9 Å². The van der Waals surface area contributed by atoms with Crippen LogP contribution in [-0.2, 0) is 0 Å². The van der Waals surface area contributed by atoms with Gasteiger partial charge in [-0.3, -0.25) is 0 Å². The normalized spacial score (nSPS) is 12.4. The lowest BCUT2D eigenvalue weighted by atomic mass is 10.00. The molecule has 0 aliphatic carbocycles. The topological polar surface area (TPSA) is 12.0 Å². The maximum absolute atomic E-state index is 3.81. The summed E-state index contributed by atoms with van der Waals surface area (Å²) in [7, 11) is 0. The molecule has 0 fully saturated rings. The first-order chi connectivity index (χ1) is 8.20.